The highest BCUT2D eigenvalue weighted by atomic mass is 35.5. The average Bonchev–Trinajstić information content (AvgIpc) is 2.30. The van der Waals surface area contributed by atoms with Crippen LogP contribution in [0.3, 0.4) is 0 Å². The minimum atomic E-state index is 0.160. The maximum absolute atomic E-state index is 11.0. The van der Waals surface area contributed by atoms with Gasteiger partial charge in [-0.2, -0.15) is 0 Å². The van der Waals surface area contributed by atoms with Crippen LogP contribution < -0.4 is 0 Å². The maximum Gasteiger partial charge on any atom is 0.134 e. The van der Waals surface area contributed by atoms with E-state index >= 15 is 0 Å². The lowest BCUT2D eigenvalue weighted by molar-refractivity contribution is -0.116. The van der Waals surface area contributed by atoms with Gasteiger partial charge in [0.25, 0.3) is 0 Å². The van der Waals surface area contributed by atoms with Gasteiger partial charge in [-0.15, -0.1) is 0 Å². The van der Waals surface area contributed by atoms with Gasteiger partial charge in [0.2, 0.25) is 0 Å². The Hall–Kier alpha value is -1.31. The van der Waals surface area contributed by atoms with Crippen LogP contribution in [0.15, 0.2) is 42.5 Å². The van der Waals surface area contributed by atoms with Crippen molar-refractivity contribution in [2.45, 2.75) is 13.3 Å². The molecule has 0 heterocycles. The molecule has 2 aromatic rings. The minimum Gasteiger partial charge on any atom is -0.300 e. The van der Waals surface area contributed by atoms with E-state index in [9.17, 15) is 4.79 Å². The molecule has 0 fully saturated rings. The lowest BCUT2D eigenvalue weighted by Gasteiger charge is -2.06. The molecule has 0 aliphatic heterocycles. The SMILES string of the molecule is CC(=O)Cc1ccc(-c2ccc(Cl)cc2Cl)cc1. The highest BCUT2D eigenvalue weighted by Crippen LogP contribution is 2.30. The molecule has 0 N–H and O–H groups in total. The van der Waals surface area contributed by atoms with Crippen molar-refractivity contribution in [2.75, 3.05) is 0 Å². The van der Waals surface area contributed by atoms with E-state index in [0.717, 1.165) is 16.7 Å². The predicted molar refractivity (Wildman–Crippen MR) is 76.3 cm³/mol. The molecule has 2 rings (SSSR count). The summed E-state index contributed by atoms with van der Waals surface area (Å²) in [5, 5.41) is 1.25. The van der Waals surface area contributed by atoms with E-state index in [1.54, 1.807) is 13.0 Å². The smallest absolute Gasteiger partial charge is 0.134 e. The third kappa shape index (κ3) is 3.12. The van der Waals surface area contributed by atoms with Crippen LogP contribution in [0.25, 0.3) is 11.1 Å². The van der Waals surface area contributed by atoms with Crippen molar-refractivity contribution in [3.8, 4) is 11.1 Å². The molecule has 0 radical (unpaired) electrons. The van der Waals surface area contributed by atoms with Crippen LogP contribution in [-0.4, -0.2) is 5.78 Å². The highest BCUT2D eigenvalue weighted by Gasteiger charge is 2.04. The van der Waals surface area contributed by atoms with Crippen molar-refractivity contribution < 1.29 is 4.79 Å². The minimum absolute atomic E-state index is 0.160. The molecule has 2 aromatic carbocycles. The molecule has 0 aliphatic carbocycles. The zero-order chi connectivity index (χ0) is 13.1. The van der Waals surface area contributed by atoms with Crippen LogP contribution in [-0.2, 0) is 11.2 Å². The van der Waals surface area contributed by atoms with Crippen molar-refractivity contribution in [1.29, 1.82) is 0 Å². The summed E-state index contributed by atoms with van der Waals surface area (Å²) in [7, 11) is 0. The first-order valence-electron chi connectivity index (χ1n) is 5.60. The quantitative estimate of drug-likeness (QED) is 0.789. The summed E-state index contributed by atoms with van der Waals surface area (Å²) >= 11 is 12.0. The first kappa shape index (κ1) is 13.1. The summed E-state index contributed by atoms with van der Waals surface area (Å²) in [5.74, 6) is 0.160. The lowest BCUT2D eigenvalue weighted by atomic mass is 10.0. The van der Waals surface area contributed by atoms with Crippen molar-refractivity contribution in [3.63, 3.8) is 0 Å². The molecule has 92 valence electrons. The van der Waals surface area contributed by atoms with Crippen molar-refractivity contribution in [1.82, 2.24) is 0 Å². The Kier molecular flexibility index (Phi) is 4.05. The fourth-order valence-corrected chi connectivity index (χ4v) is 2.33. The molecular formula is C15H12Cl2O. The van der Waals surface area contributed by atoms with E-state index < -0.39 is 0 Å². The summed E-state index contributed by atoms with van der Waals surface area (Å²) in [6.07, 6.45) is 0.467. The number of hydrogen-bond donors (Lipinski definition) is 0. The lowest BCUT2D eigenvalue weighted by Crippen LogP contribution is -1.95. The molecule has 3 heteroatoms. The fourth-order valence-electron chi connectivity index (χ4n) is 1.81. The molecule has 0 aromatic heterocycles. The standard InChI is InChI=1S/C15H12Cl2O/c1-10(18)8-11-2-4-12(5-3-11)14-7-6-13(16)9-15(14)17/h2-7,9H,8H2,1H3. The first-order chi connectivity index (χ1) is 8.56. The highest BCUT2D eigenvalue weighted by molar-refractivity contribution is 6.36. The second-order valence-corrected chi connectivity index (χ2v) is 5.04. The summed E-state index contributed by atoms with van der Waals surface area (Å²) in [6, 6.07) is 13.3. The average molecular weight is 279 g/mol. The summed E-state index contributed by atoms with van der Waals surface area (Å²) in [6.45, 7) is 1.59. The number of halogens is 2. The van der Waals surface area contributed by atoms with Gasteiger partial charge in [0.15, 0.2) is 0 Å². The molecule has 0 atom stereocenters. The number of benzene rings is 2. The predicted octanol–water partition coefficient (Wildman–Crippen LogP) is 4.79. The van der Waals surface area contributed by atoms with E-state index in [0.29, 0.717) is 16.5 Å². The van der Waals surface area contributed by atoms with Crippen LogP contribution in [0.1, 0.15) is 12.5 Å². The van der Waals surface area contributed by atoms with E-state index in [1.807, 2.05) is 36.4 Å². The largest absolute Gasteiger partial charge is 0.300 e. The molecule has 0 bridgehead atoms. The van der Waals surface area contributed by atoms with Gasteiger partial charge in [-0.3, -0.25) is 4.79 Å². The summed E-state index contributed by atoms with van der Waals surface area (Å²) < 4.78 is 0. The van der Waals surface area contributed by atoms with E-state index in [-0.39, 0.29) is 5.78 Å². The van der Waals surface area contributed by atoms with Gasteiger partial charge >= 0.3 is 0 Å². The molecule has 0 saturated carbocycles. The Morgan fingerprint density at radius 3 is 2.28 bits per heavy atom. The Bertz CT molecular complexity index is 574. The van der Waals surface area contributed by atoms with Crippen LogP contribution >= 0.6 is 23.2 Å². The van der Waals surface area contributed by atoms with E-state index in [2.05, 4.69) is 0 Å². The van der Waals surface area contributed by atoms with Gasteiger partial charge < -0.3 is 0 Å². The third-order valence-corrected chi connectivity index (χ3v) is 3.20. The van der Waals surface area contributed by atoms with Crippen LogP contribution in [0, 0.1) is 0 Å². The molecular weight excluding hydrogens is 267 g/mol. The number of ketones is 1. The second-order valence-electron chi connectivity index (χ2n) is 4.20. The fraction of sp³-hybridized carbons (Fsp3) is 0.133. The zero-order valence-electron chi connectivity index (χ0n) is 9.91. The number of rotatable bonds is 3. The van der Waals surface area contributed by atoms with Gasteiger partial charge in [0.1, 0.15) is 5.78 Å². The van der Waals surface area contributed by atoms with Gasteiger partial charge in [-0.25, -0.2) is 0 Å². The molecule has 0 aliphatic rings. The van der Waals surface area contributed by atoms with E-state index in [4.69, 9.17) is 23.2 Å². The van der Waals surface area contributed by atoms with Crippen molar-refractivity contribution in [3.05, 3.63) is 58.1 Å². The Morgan fingerprint density at radius 1 is 1.06 bits per heavy atom. The summed E-state index contributed by atoms with van der Waals surface area (Å²) in [5.41, 5.74) is 2.97. The Labute approximate surface area is 116 Å². The molecule has 18 heavy (non-hydrogen) atoms. The van der Waals surface area contributed by atoms with Gasteiger partial charge in [0, 0.05) is 22.0 Å². The molecule has 0 saturated heterocycles. The van der Waals surface area contributed by atoms with Gasteiger partial charge in [-0.1, -0.05) is 53.5 Å². The second kappa shape index (κ2) is 5.55. The van der Waals surface area contributed by atoms with Crippen molar-refractivity contribution in [2.24, 2.45) is 0 Å². The Balaban J connectivity index is 2.31. The maximum atomic E-state index is 11.0. The van der Waals surface area contributed by atoms with Crippen LogP contribution in [0.5, 0.6) is 0 Å². The van der Waals surface area contributed by atoms with Gasteiger partial charge in [-0.05, 0) is 30.2 Å². The van der Waals surface area contributed by atoms with E-state index in [1.165, 1.54) is 0 Å². The zero-order valence-corrected chi connectivity index (χ0v) is 11.4. The number of Topliss-reactive ketones (excluding diaryl/α,β-unsaturated/α-hetero) is 1. The topological polar surface area (TPSA) is 17.1 Å². The number of hydrogen-bond acceptors (Lipinski definition) is 1. The molecule has 0 spiro atoms. The van der Waals surface area contributed by atoms with Gasteiger partial charge in [0.05, 0.1) is 0 Å². The number of carbonyl (C=O) groups is 1. The normalized spacial score (nSPS) is 10.4. The number of carbonyl (C=O) groups excluding carboxylic acids is 1. The van der Waals surface area contributed by atoms with Crippen LogP contribution in [0.4, 0.5) is 0 Å². The first-order valence-corrected chi connectivity index (χ1v) is 6.35. The molecule has 1 nitrogen and oxygen atoms in total. The van der Waals surface area contributed by atoms with Crippen LogP contribution in [0.2, 0.25) is 10.0 Å². The Morgan fingerprint density at radius 2 is 1.72 bits per heavy atom. The third-order valence-electron chi connectivity index (χ3n) is 2.65. The molecule has 0 unspecified atom stereocenters. The monoisotopic (exact) mass is 278 g/mol. The van der Waals surface area contributed by atoms with Crippen molar-refractivity contribution >= 4 is 29.0 Å². The molecule has 0 amide bonds. The summed E-state index contributed by atoms with van der Waals surface area (Å²) in [4.78, 5) is 11.0.